The van der Waals surface area contributed by atoms with Crippen molar-refractivity contribution in [3.8, 4) is 5.75 Å². The van der Waals surface area contributed by atoms with Crippen molar-refractivity contribution in [2.24, 2.45) is 0 Å². The summed E-state index contributed by atoms with van der Waals surface area (Å²) in [6.07, 6.45) is 3.14. The van der Waals surface area contributed by atoms with E-state index in [0.29, 0.717) is 17.9 Å². The quantitative estimate of drug-likeness (QED) is 0.756. The Morgan fingerprint density at radius 2 is 2.39 bits per heavy atom. The third-order valence-electron chi connectivity index (χ3n) is 3.04. The predicted octanol–water partition coefficient (Wildman–Crippen LogP) is 2.98. The Hall–Kier alpha value is -1.42. The number of hydrogen-bond acceptors (Lipinski definition) is 3. The summed E-state index contributed by atoms with van der Waals surface area (Å²) in [7, 11) is 0. The van der Waals surface area contributed by atoms with Crippen LogP contribution < -0.4 is 4.74 Å². The lowest BCUT2D eigenvalue weighted by atomic mass is 10.1. The van der Waals surface area contributed by atoms with Gasteiger partial charge >= 0.3 is 0 Å². The number of hydrogen-bond donors (Lipinski definition) is 0. The fraction of sp³-hybridized carbons (Fsp3) is 0.500. The topological polar surface area (TPSA) is 35.5 Å². The summed E-state index contributed by atoms with van der Waals surface area (Å²) < 4.78 is 24.1. The summed E-state index contributed by atoms with van der Waals surface area (Å²) in [6, 6.07) is 3.98. The molecule has 0 aliphatic carbocycles. The van der Waals surface area contributed by atoms with Crippen molar-refractivity contribution >= 4 is 5.78 Å². The van der Waals surface area contributed by atoms with Crippen molar-refractivity contribution < 1.29 is 18.7 Å². The molecular formula is C14H17FO3. The van der Waals surface area contributed by atoms with Crippen LogP contribution in [0.25, 0.3) is 0 Å². The van der Waals surface area contributed by atoms with E-state index in [1.165, 1.54) is 25.1 Å². The molecule has 3 nitrogen and oxygen atoms in total. The van der Waals surface area contributed by atoms with E-state index in [-0.39, 0.29) is 11.9 Å². The minimum Gasteiger partial charge on any atom is -0.493 e. The van der Waals surface area contributed by atoms with Gasteiger partial charge in [0.2, 0.25) is 0 Å². The molecule has 1 aliphatic rings. The van der Waals surface area contributed by atoms with E-state index >= 15 is 0 Å². The van der Waals surface area contributed by atoms with Crippen LogP contribution in [0.1, 0.15) is 36.5 Å². The van der Waals surface area contributed by atoms with Crippen molar-refractivity contribution in [1.29, 1.82) is 0 Å². The molecule has 0 aromatic heterocycles. The van der Waals surface area contributed by atoms with Gasteiger partial charge in [-0.15, -0.1) is 0 Å². The van der Waals surface area contributed by atoms with Gasteiger partial charge in [-0.3, -0.25) is 4.79 Å². The lowest BCUT2D eigenvalue weighted by molar-refractivity contribution is 0.0897. The second kappa shape index (κ2) is 5.96. The molecule has 0 spiro atoms. The smallest absolute Gasteiger partial charge is 0.163 e. The highest BCUT2D eigenvalue weighted by atomic mass is 19.1. The molecule has 1 saturated heterocycles. The van der Waals surface area contributed by atoms with Crippen LogP contribution in [0.15, 0.2) is 18.2 Å². The van der Waals surface area contributed by atoms with Gasteiger partial charge in [-0.05, 0) is 31.9 Å². The van der Waals surface area contributed by atoms with Crippen LogP contribution in [-0.4, -0.2) is 25.1 Å². The number of carbonyl (C=O) groups is 1. The van der Waals surface area contributed by atoms with E-state index in [4.69, 9.17) is 9.47 Å². The number of halogens is 1. The molecule has 0 amide bonds. The van der Waals surface area contributed by atoms with Crippen LogP contribution >= 0.6 is 0 Å². The van der Waals surface area contributed by atoms with Gasteiger partial charge in [0.15, 0.2) is 5.78 Å². The molecule has 0 saturated carbocycles. The van der Waals surface area contributed by atoms with Crippen LogP contribution in [0.3, 0.4) is 0 Å². The number of ketones is 1. The maximum absolute atomic E-state index is 13.1. The Kier molecular flexibility index (Phi) is 4.31. The minimum atomic E-state index is -0.396. The Balaban J connectivity index is 1.94. The van der Waals surface area contributed by atoms with Crippen molar-refractivity contribution in [3.05, 3.63) is 29.6 Å². The molecule has 0 radical (unpaired) electrons. The Labute approximate surface area is 106 Å². The van der Waals surface area contributed by atoms with Gasteiger partial charge in [-0.1, -0.05) is 0 Å². The molecule has 0 bridgehead atoms. The molecule has 1 fully saturated rings. The molecular weight excluding hydrogens is 235 g/mol. The van der Waals surface area contributed by atoms with E-state index < -0.39 is 5.82 Å². The third-order valence-corrected chi connectivity index (χ3v) is 3.04. The maximum Gasteiger partial charge on any atom is 0.163 e. The molecule has 1 aliphatic heterocycles. The first-order valence-electron chi connectivity index (χ1n) is 6.21. The van der Waals surface area contributed by atoms with Gasteiger partial charge in [0.25, 0.3) is 0 Å². The SMILES string of the molecule is CC(=O)c1ccc(F)cc1OCCC1CCCO1. The van der Waals surface area contributed by atoms with Crippen molar-refractivity contribution in [2.75, 3.05) is 13.2 Å². The Bertz CT molecular complexity index is 425. The summed E-state index contributed by atoms with van der Waals surface area (Å²) in [6.45, 7) is 2.69. The fourth-order valence-corrected chi connectivity index (χ4v) is 2.08. The second-order valence-electron chi connectivity index (χ2n) is 4.47. The number of benzene rings is 1. The first-order chi connectivity index (χ1) is 8.66. The molecule has 0 N–H and O–H groups in total. The highest BCUT2D eigenvalue weighted by Crippen LogP contribution is 2.22. The monoisotopic (exact) mass is 252 g/mol. The van der Waals surface area contributed by atoms with Gasteiger partial charge in [-0.25, -0.2) is 4.39 Å². The normalized spacial score (nSPS) is 18.9. The van der Waals surface area contributed by atoms with Crippen LogP contribution in [0, 0.1) is 5.82 Å². The van der Waals surface area contributed by atoms with Gasteiger partial charge in [0, 0.05) is 19.1 Å². The number of rotatable bonds is 5. The Morgan fingerprint density at radius 3 is 3.06 bits per heavy atom. The average molecular weight is 252 g/mol. The standard InChI is InChI=1S/C14H17FO3/c1-10(16)13-5-4-11(15)9-14(13)18-8-6-12-3-2-7-17-12/h4-5,9,12H,2-3,6-8H2,1H3. The summed E-state index contributed by atoms with van der Waals surface area (Å²) in [5, 5.41) is 0. The van der Waals surface area contributed by atoms with Crippen molar-refractivity contribution in [3.63, 3.8) is 0 Å². The lowest BCUT2D eigenvalue weighted by Gasteiger charge is -2.12. The summed E-state index contributed by atoms with van der Waals surface area (Å²) in [5.41, 5.74) is 0.420. The predicted molar refractivity (Wildman–Crippen MR) is 65.5 cm³/mol. The van der Waals surface area contributed by atoms with E-state index in [1.54, 1.807) is 0 Å². The first-order valence-corrected chi connectivity index (χ1v) is 6.21. The van der Waals surface area contributed by atoms with Crippen LogP contribution in [-0.2, 0) is 4.74 Å². The van der Waals surface area contributed by atoms with Crippen LogP contribution in [0.2, 0.25) is 0 Å². The van der Waals surface area contributed by atoms with Crippen molar-refractivity contribution in [2.45, 2.75) is 32.3 Å². The summed E-state index contributed by atoms with van der Waals surface area (Å²) in [4.78, 5) is 11.4. The largest absolute Gasteiger partial charge is 0.493 e. The van der Waals surface area contributed by atoms with E-state index in [2.05, 4.69) is 0 Å². The van der Waals surface area contributed by atoms with E-state index in [9.17, 15) is 9.18 Å². The van der Waals surface area contributed by atoms with E-state index in [1.807, 2.05) is 0 Å². The van der Waals surface area contributed by atoms with Crippen molar-refractivity contribution in [1.82, 2.24) is 0 Å². The summed E-state index contributed by atoms with van der Waals surface area (Å²) >= 11 is 0. The lowest BCUT2D eigenvalue weighted by Crippen LogP contribution is -2.12. The molecule has 1 atom stereocenters. The molecule has 4 heteroatoms. The average Bonchev–Trinajstić information content (AvgIpc) is 2.82. The molecule has 1 heterocycles. The van der Waals surface area contributed by atoms with Gasteiger partial charge in [-0.2, -0.15) is 0 Å². The molecule has 98 valence electrons. The highest BCUT2D eigenvalue weighted by Gasteiger charge is 2.16. The van der Waals surface area contributed by atoms with Crippen LogP contribution in [0.5, 0.6) is 5.75 Å². The maximum atomic E-state index is 13.1. The highest BCUT2D eigenvalue weighted by molar-refractivity contribution is 5.96. The number of ether oxygens (including phenoxy) is 2. The van der Waals surface area contributed by atoms with Gasteiger partial charge in [0.05, 0.1) is 18.3 Å². The molecule has 1 unspecified atom stereocenters. The molecule has 1 aromatic rings. The summed E-state index contributed by atoms with van der Waals surface area (Å²) in [5.74, 6) is -0.199. The third kappa shape index (κ3) is 3.29. The fourth-order valence-electron chi connectivity index (χ4n) is 2.08. The van der Waals surface area contributed by atoms with Crippen LogP contribution in [0.4, 0.5) is 4.39 Å². The zero-order valence-electron chi connectivity index (χ0n) is 10.4. The molecule has 18 heavy (non-hydrogen) atoms. The zero-order valence-corrected chi connectivity index (χ0v) is 10.4. The van der Waals surface area contributed by atoms with Gasteiger partial charge in [0.1, 0.15) is 11.6 Å². The zero-order chi connectivity index (χ0) is 13.0. The van der Waals surface area contributed by atoms with E-state index in [0.717, 1.165) is 25.9 Å². The minimum absolute atomic E-state index is 0.123. The number of Topliss-reactive ketones (excluding diaryl/α,β-unsaturated/α-hetero) is 1. The van der Waals surface area contributed by atoms with Gasteiger partial charge < -0.3 is 9.47 Å². The second-order valence-corrected chi connectivity index (χ2v) is 4.47. The Morgan fingerprint density at radius 1 is 1.56 bits per heavy atom. The first kappa shape index (κ1) is 13.0. The number of carbonyl (C=O) groups excluding carboxylic acids is 1. The molecule has 1 aromatic carbocycles. The molecule has 2 rings (SSSR count).